The van der Waals surface area contributed by atoms with Crippen molar-refractivity contribution in [2.24, 2.45) is 0 Å². The molecule has 0 saturated carbocycles. The molecule has 1 atom stereocenters. The lowest BCUT2D eigenvalue weighted by Gasteiger charge is -2.17. The van der Waals surface area contributed by atoms with E-state index in [9.17, 15) is 0 Å². The van der Waals surface area contributed by atoms with E-state index in [1.165, 1.54) is 4.88 Å². The van der Waals surface area contributed by atoms with Crippen LogP contribution in [-0.4, -0.2) is 10.2 Å². The molecule has 0 fully saturated rings. The second-order valence-electron chi connectivity index (χ2n) is 4.26. The molecule has 2 heterocycles. The molecule has 3 nitrogen and oxygen atoms in total. The molecule has 1 unspecified atom stereocenters. The van der Waals surface area contributed by atoms with Gasteiger partial charge in [-0.15, -0.1) is 11.3 Å². The number of para-hydroxylation sites is 1. The minimum Gasteiger partial charge on any atom is -0.376 e. The SMILES string of the molecule is CCC(Nc1cccc2cn[nH]c12)c1cccs1. The minimum atomic E-state index is 0.360. The Morgan fingerprint density at radius 1 is 1.33 bits per heavy atom. The van der Waals surface area contributed by atoms with Crippen molar-refractivity contribution in [1.29, 1.82) is 0 Å². The number of thiophene rings is 1. The topological polar surface area (TPSA) is 40.7 Å². The van der Waals surface area contributed by atoms with E-state index in [1.807, 2.05) is 6.20 Å². The fraction of sp³-hybridized carbons (Fsp3) is 0.214. The van der Waals surface area contributed by atoms with Crippen LogP contribution in [0.3, 0.4) is 0 Å². The van der Waals surface area contributed by atoms with Crippen molar-refractivity contribution in [2.45, 2.75) is 19.4 Å². The van der Waals surface area contributed by atoms with Gasteiger partial charge in [0.05, 0.1) is 23.4 Å². The summed E-state index contributed by atoms with van der Waals surface area (Å²) in [5, 5.41) is 14.0. The second kappa shape index (κ2) is 4.82. The summed E-state index contributed by atoms with van der Waals surface area (Å²) in [5.41, 5.74) is 2.19. The third-order valence-electron chi connectivity index (χ3n) is 3.10. The quantitative estimate of drug-likeness (QED) is 0.736. The molecule has 1 aromatic carbocycles. The summed E-state index contributed by atoms with van der Waals surface area (Å²) >= 11 is 1.79. The van der Waals surface area contributed by atoms with E-state index in [1.54, 1.807) is 11.3 Å². The first-order valence-corrected chi connectivity index (χ1v) is 6.98. The number of H-pyrrole nitrogens is 1. The molecule has 2 N–H and O–H groups in total. The molecule has 0 radical (unpaired) electrons. The molecule has 18 heavy (non-hydrogen) atoms. The molecule has 3 aromatic rings. The van der Waals surface area contributed by atoms with Crippen LogP contribution in [0.2, 0.25) is 0 Å². The molecule has 0 aliphatic heterocycles. The number of hydrogen-bond acceptors (Lipinski definition) is 3. The Morgan fingerprint density at radius 2 is 2.28 bits per heavy atom. The highest BCUT2D eigenvalue weighted by Crippen LogP contribution is 2.29. The lowest BCUT2D eigenvalue weighted by Crippen LogP contribution is -2.08. The van der Waals surface area contributed by atoms with E-state index in [0.29, 0.717) is 6.04 Å². The number of fused-ring (bicyclic) bond motifs is 1. The molecule has 0 bridgehead atoms. The number of aromatic nitrogens is 2. The van der Waals surface area contributed by atoms with E-state index in [4.69, 9.17) is 0 Å². The zero-order chi connectivity index (χ0) is 12.4. The van der Waals surface area contributed by atoms with E-state index >= 15 is 0 Å². The Labute approximate surface area is 110 Å². The minimum absolute atomic E-state index is 0.360. The summed E-state index contributed by atoms with van der Waals surface area (Å²) in [6, 6.07) is 10.9. The van der Waals surface area contributed by atoms with Gasteiger partial charge in [-0.1, -0.05) is 25.1 Å². The Kier molecular flexibility index (Phi) is 3.02. The van der Waals surface area contributed by atoms with Crippen molar-refractivity contribution >= 4 is 27.9 Å². The number of nitrogens with zero attached hydrogens (tertiary/aromatic N) is 1. The highest BCUT2D eigenvalue weighted by molar-refractivity contribution is 7.10. The van der Waals surface area contributed by atoms with Crippen LogP contribution in [0.1, 0.15) is 24.3 Å². The maximum Gasteiger partial charge on any atom is 0.0881 e. The molecule has 0 amide bonds. The third-order valence-corrected chi connectivity index (χ3v) is 4.09. The summed E-state index contributed by atoms with van der Waals surface area (Å²) in [6.07, 6.45) is 2.91. The molecular formula is C14H15N3S. The standard InChI is InChI=1S/C14H15N3S/c1-2-11(13-7-4-8-18-13)16-12-6-3-5-10-9-15-17-14(10)12/h3-9,11,16H,2H2,1H3,(H,15,17). The number of aromatic amines is 1. The van der Waals surface area contributed by atoms with Gasteiger partial charge in [-0.05, 0) is 23.9 Å². The fourth-order valence-electron chi connectivity index (χ4n) is 2.14. The largest absolute Gasteiger partial charge is 0.376 e. The number of nitrogens with one attached hydrogen (secondary N) is 2. The lowest BCUT2D eigenvalue weighted by molar-refractivity contribution is 0.765. The second-order valence-corrected chi connectivity index (χ2v) is 5.24. The predicted octanol–water partition coefficient (Wildman–Crippen LogP) is 4.19. The average Bonchev–Trinajstić information content (AvgIpc) is 3.06. The summed E-state index contributed by atoms with van der Waals surface area (Å²) in [5.74, 6) is 0. The number of benzene rings is 1. The van der Waals surface area contributed by atoms with Crippen molar-refractivity contribution in [3.05, 3.63) is 46.8 Å². The fourth-order valence-corrected chi connectivity index (χ4v) is 3.00. The van der Waals surface area contributed by atoms with Crippen molar-refractivity contribution in [3.63, 3.8) is 0 Å². The molecule has 2 aromatic heterocycles. The van der Waals surface area contributed by atoms with Crippen LogP contribution in [0.15, 0.2) is 41.9 Å². The number of rotatable bonds is 4. The van der Waals surface area contributed by atoms with Crippen LogP contribution in [0.4, 0.5) is 5.69 Å². The van der Waals surface area contributed by atoms with Gasteiger partial charge in [0, 0.05) is 10.3 Å². The van der Waals surface area contributed by atoms with Gasteiger partial charge in [-0.3, -0.25) is 5.10 Å². The Balaban J connectivity index is 1.93. The lowest BCUT2D eigenvalue weighted by atomic mass is 10.1. The first-order valence-electron chi connectivity index (χ1n) is 6.10. The van der Waals surface area contributed by atoms with Crippen LogP contribution in [-0.2, 0) is 0 Å². The Hall–Kier alpha value is -1.81. The van der Waals surface area contributed by atoms with E-state index in [-0.39, 0.29) is 0 Å². The molecule has 3 rings (SSSR count). The summed E-state index contributed by atoms with van der Waals surface area (Å²) in [6.45, 7) is 2.20. The number of hydrogen-bond donors (Lipinski definition) is 2. The molecule has 0 aliphatic rings. The molecule has 0 aliphatic carbocycles. The van der Waals surface area contributed by atoms with Crippen molar-refractivity contribution in [2.75, 3.05) is 5.32 Å². The van der Waals surface area contributed by atoms with Gasteiger partial charge >= 0.3 is 0 Å². The molecule has 4 heteroatoms. The van der Waals surface area contributed by atoms with Gasteiger partial charge in [0.15, 0.2) is 0 Å². The van der Waals surface area contributed by atoms with Crippen LogP contribution >= 0.6 is 11.3 Å². The van der Waals surface area contributed by atoms with Crippen LogP contribution in [0, 0.1) is 0 Å². The first kappa shape index (κ1) is 11.3. The summed E-state index contributed by atoms with van der Waals surface area (Å²) in [4.78, 5) is 1.37. The summed E-state index contributed by atoms with van der Waals surface area (Å²) in [7, 11) is 0. The zero-order valence-corrected chi connectivity index (χ0v) is 11.0. The van der Waals surface area contributed by atoms with Crippen molar-refractivity contribution in [1.82, 2.24) is 10.2 Å². The maximum absolute atomic E-state index is 4.10. The van der Waals surface area contributed by atoms with Crippen LogP contribution < -0.4 is 5.32 Å². The van der Waals surface area contributed by atoms with Crippen molar-refractivity contribution in [3.8, 4) is 0 Å². The average molecular weight is 257 g/mol. The van der Waals surface area contributed by atoms with Gasteiger partial charge < -0.3 is 5.32 Å². The van der Waals surface area contributed by atoms with Gasteiger partial charge in [0.2, 0.25) is 0 Å². The van der Waals surface area contributed by atoms with Gasteiger partial charge in [-0.2, -0.15) is 5.10 Å². The van der Waals surface area contributed by atoms with E-state index < -0.39 is 0 Å². The van der Waals surface area contributed by atoms with Gasteiger partial charge in [0.1, 0.15) is 0 Å². The third kappa shape index (κ3) is 1.99. The number of anilines is 1. The first-order chi connectivity index (χ1) is 8.88. The normalized spacial score (nSPS) is 12.7. The smallest absolute Gasteiger partial charge is 0.0881 e. The van der Waals surface area contributed by atoms with Crippen LogP contribution in [0.25, 0.3) is 10.9 Å². The van der Waals surface area contributed by atoms with Gasteiger partial charge in [-0.25, -0.2) is 0 Å². The van der Waals surface area contributed by atoms with E-state index in [2.05, 4.69) is 58.1 Å². The predicted molar refractivity (Wildman–Crippen MR) is 77.1 cm³/mol. The molecule has 0 saturated heterocycles. The van der Waals surface area contributed by atoms with Crippen LogP contribution in [0.5, 0.6) is 0 Å². The maximum atomic E-state index is 4.10. The summed E-state index contributed by atoms with van der Waals surface area (Å²) < 4.78 is 0. The molecule has 0 spiro atoms. The highest BCUT2D eigenvalue weighted by Gasteiger charge is 2.11. The molecule has 92 valence electrons. The zero-order valence-electron chi connectivity index (χ0n) is 10.2. The van der Waals surface area contributed by atoms with Crippen molar-refractivity contribution < 1.29 is 0 Å². The highest BCUT2D eigenvalue weighted by atomic mass is 32.1. The van der Waals surface area contributed by atoms with Gasteiger partial charge in [0.25, 0.3) is 0 Å². The van der Waals surface area contributed by atoms with E-state index in [0.717, 1.165) is 23.0 Å². The monoisotopic (exact) mass is 257 g/mol. The Morgan fingerprint density at radius 3 is 3.06 bits per heavy atom. The molecular weight excluding hydrogens is 242 g/mol. The Bertz CT molecular complexity index is 627.